The summed E-state index contributed by atoms with van der Waals surface area (Å²) < 4.78 is 5.04. The topological polar surface area (TPSA) is 62.9 Å². The quantitative estimate of drug-likeness (QED) is 0.193. The van der Waals surface area contributed by atoms with Crippen LogP contribution in [0.25, 0.3) is 0 Å². The predicted octanol–water partition coefficient (Wildman–Crippen LogP) is 2.84. The Bertz CT molecular complexity index is 252. The van der Waals surface area contributed by atoms with Crippen molar-refractivity contribution in [2.45, 2.75) is 51.9 Å². The van der Waals surface area contributed by atoms with Crippen molar-refractivity contribution < 1.29 is 4.74 Å². The van der Waals surface area contributed by atoms with Crippen molar-refractivity contribution >= 4 is 29.9 Å². The smallest absolute Gasteiger partial charge is 0.188 e. The van der Waals surface area contributed by atoms with Crippen molar-refractivity contribution in [2.75, 3.05) is 46.9 Å². The van der Waals surface area contributed by atoms with Gasteiger partial charge in [-0.25, -0.2) is 0 Å². The van der Waals surface area contributed by atoms with Crippen molar-refractivity contribution in [2.24, 2.45) is 10.7 Å². The molecule has 3 N–H and O–H groups in total. The summed E-state index contributed by atoms with van der Waals surface area (Å²) in [6, 6.07) is 0. The summed E-state index contributed by atoms with van der Waals surface area (Å²) in [5.41, 5.74) is 5.84. The number of hydrogen-bond acceptors (Lipinski definition) is 3. The summed E-state index contributed by atoms with van der Waals surface area (Å²) >= 11 is 0. The first-order chi connectivity index (χ1) is 10.2. The van der Waals surface area contributed by atoms with E-state index in [0.717, 1.165) is 39.2 Å². The van der Waals surface area contributed by atoms with Crippen LogP contribution >= 0.6 is 24.0 Å². The molecule has 134 valence electrons. The summed E-state index contributed by atoms with van der Waals surface area (Å²) in [5, 5.41) is 3.19. The second kappa shape index (κ2) is 19.0. The highest BCUT2D eigenvalue weighted by molar-refractivity contribution is 14.0. The molecule has 0 aromatic carbocycles. The highest BCUT2D eigenvalue weighted by atomic mass is 127. The monoisotopic (exact) mass is 428 g/mol. The van der Waals surface area contributed by atoms with Crippen molar-refractivity contribution in [3.8, 4) is 0 Å². The number of nitrogens with zero attached hydrogens (tertiary/aromatic N) is 2. The third-order valence-corrected chi connectivity index (χ3v) is 3.49. The lowest BCUT2D eigenvalue weighted by Crippen LogP contribution is -2.32. The van der Waals surface area contributed by atoms with Gasteiger partial charge in [0.1, 0.15) is 0 Å². The molecule has 0 aromatic heterocycles. The zero-order valence-electron chi connectivity index (χ0n) is 14.8. The number of hydrogen-bond donors (Lipinski definition) is 2. The summed E-state index contributed by atoms with van der Waals surface area (Å²) in [4.78, 5) is 6.60. The molecule has 0 saturated heterocycles. The van der Waals surface area contributed by atoms with E-state index in [0.29, 0.717) is 5.96 Å². The van der Waals surface area contributed by atoms with Crippen molar-refractivity contribution in [1.82, 2.24) is 10.2 Å². The summed E-state index contributed by atoms with van der Waals surface area (Å²) in [5.74, 6) is 0.586. The minimum absolute atomic E-state index is 0. The minimum Gasteiger partial charge on any atom is -0.383 e. The summed E-state index contributed by atoms with van der Waals surface area (Å²) in [6.45, 7) is 6.74. The van der Waals surface area contributed by atoms with E-state index >= 15 is 0 Å². The molecule has 5 nitrogen and oxygen atoms in total. The van der Waals surface area contributed by atoms with Crippen LogP contribution in [0.1, 0.15) is 51.9 Å². The molecule has 0 bridgehead atoms. The second-order valence-corrected chi connectivity index (χ2v) is 5.61. The second-order valence-electron chi connectivity index (χ2n) is 5.61. The summed E-state index contributed by atoms with van der Waals surface area (Å²) in [6.07, 6.45) is 8.84. The zero-order valence-corrected chi connectivity index (χ0v) is 17.1. The number of nitrogens with two attached hydrogens (primary N) is 1. The maximum atomic E-state index is 5.84. The molecule has 0 rings (SSSR count). The predicted molar refractivity (Wildman–Crippen MR) is 107 cm³/mol. The van der Waals surface area contributed by atoms with E-state index in [2.05, 4.69) is 29.2 Å². The van der Waals surface area contributed by atoms with Gasteiger partial charge in [-0.1, -0.05) is 39.0 Å². The SMILES string of the molecule is CCCCCCCCNC(N)=NCCCN(C)CCOC.I. The highest BCUT2D eigenvalue weighted by Crippen LogP contribution is 2.03. The van der Waals surface area contributed by atoms with Gasteiger partial charge in [-0.15, -0.1) is 24.0 Å². The highest BCUT2D eigenvalue weighted by Gasteiger charge is 1.97. The van der Waals surface area contributed by atoms with Gasteiger partial charge in [-0.2, -0.15) is 0 Å². The van der Waals surface area contributed by atoms with Gasteiger partial charge in [0, 0.05) is 26.7 Å². The van der Waals surface area contributed by atoms with E-state index in [-0.39, 0.29) is 24.0 Å². The molecule has 0 aliphatic heterocycles. The molecular weight excluding hydrogens is 391 g/mol. The van der Waals surface area contributed by atoms with E-state index in [1.54, 1.807) is 7.11 Å². The number of nitrogens with one attached hydrogen (secondary N) is 1. The van der Waals surface area contributed by atoms with E-state index in [1.165, 1.54) is 38.5 Å². The van der Waals surface area contributed by atoms with Gasteiger partial charge in [0.2, 0.25) is 0 Å². The Morgan fingerprint density at radius 3 is 2.45 bits per heavy atom. The van der Waals surface area contributed by atoms with Crippen LogP contribution in [0.3, 0.4) is 0 Å². The Morgan fingerprint density at radius 2 is 1.77 bits per heavy atom. The van der Waals surface area contributed by atoms with Crippen LogP contribution in [0.15, 0.2) is 4.99 Å². The van der Waals surface area contributed by atoms with Crippen LogP contribution in [-0.2, 0) is 4.74 Å². The fourth-order valence-corrected chi connectivity index (χ4v) is 2.08. The average Bonchev–Trinajstić information content (AvgIpc) is 2.48. The van der Waals surface area contributed by atoms with Crippen LogP contribution in [0.4, 0.5) is 0 Å². The maximum Gasteiger partial charge on any atom is 0.188 e. The molecule has 6 heteroatoms. The third kappa shape index (κ3) is 18.0. The lowest BCUT2D eigenvalue weighted by Gasteiger charge is -2.14. The van der Waals surface area contributed by atoms with Gasteiger partial charge < -0.3 is 20.7 Å². The van der Waals surface area contributed by atoms with Gasteiger partial charge in [0.15, 0.2) is 5.96 Å². The van der Waals surface area contributed by atoms with E-state index in [1.807, 2.05) is 0 Å². The number of guanidine groups is 1. The number of aliphatic imine (C=N–C) groups is 1. The number of halogens is 1. The average molecular weight is 428 g/mol. The first-order valence-electron chi connectivity index (χ1n) is 8.42. The number of methoxy groups -OCH3 is 1. The van der Waals surface area contributed by atoms with Gasteiger partial charge in [-0.3, -0.25) is 4.99 Å². The first-order valence-corrected chi connectivity index (χ1v) is 8.42. The van der Waals surface area contributed by atoms with Crippen LogP contribution in [0.2, 0.25) is 0 Å². The van der Waals surface area contributed by atoms with Crippen molar-refractivity contribution in [1.29, 1.82) is 0 Å². The molecular formula is C16H37IN4O. The number of likely N-dealkylation sites (N-methyl/N-ethyl adjacent to an activating group) is 1. The van der Waals surface area contributed by atoms with Crippen LogP contribution in [-0.4, -0.2) is 57.8 Å². The van der Waals surface area contributed by atoms with Crippen LogP contribution in [0.5, 0.6) is 0 Å². The fraction of sp³-hybridized carbons (Fsp3) is 0.938. The maximum absolute atomic E-state index is 5.84. The Labute approximate surface area is 154 Å². The van der Waals surface area contributed by atoms with Crippen LogP contribution in [0, 0.1) is 0 Å². The molecule has 0 aliphatic rings. The molecule has 0 aromatic rings. The molecule has 0 spiro atoms. The Kier molecular flexibility index (Phi) is 20.8. The zero-order chi connectivity index (χ0) is 15.8. The number of ether oxygens (including phenoxy) is 1. The lowest BCUT2D eigenvalue weighted by molar-refractivity contribution is 0.161. The van der Waals surface area contributed by atoms with Crippen molar-refractivity contribution in [3.63, 3.8) is 0 Å². The molecule has 22 heavy (non-hydrogen) atoms. The lowest BCUT2D eigenvalue weighted by atomic mass is 10.1. The van der Waals surface area contributed by atoms with E-state index < -0.39 is 0 Å². The number of unbranched alkanes of at least 4 members (excludes halogenated alkanes) is 5. The molecule has 0 unspecified atom stereocenters. The Balaban J connectivity index is 0. The van der Waals surface area contributed by atoms with Crippen LogP contribution < -0.4 is 11.1 Å². The van der Waals surface area contributed by atoms with Gasteiger partial charge >= 0.3 is 0 Å². The molecule has 0 aliphatic carbocycles. The van der Waals surface area contributed by atoms with Gasteiger partial charge in [-0.05, 0) is 26.4 Å². The Hall–Kier alpha value is -0.0800. The largest absolute Gasteiger partial charge is 0.383 e. The molecule has 0 radical (unpaired) electrons. The van der Waals surface area contributed by atoms with Gasteiger partial charge in [0.05, 0.1) is 6.61 Å². The standard InChI is InChI=1S/C16H36N4O.HI/c1-4-5-6-7-8-9-11-18-16(17)19-12-10-13-20(2)14-15-21-3;/h4-15H2,1-3H3,(H3,17,18,19);1H. The first kappa shape index (κ1) is 24.2. The fourth-order valence-electron chi connectivity index (χ4n) is 2.08. The summed E-state index contributed by atoms with van der Waals surface area (Å²) in [7, 11) is 3.83. The molecule has 0 fully saturated rings. The van der Waals surface area contributed by atoms with Gasteiger partial charge in [0.25, 0.3) is 0 Å². The molecule has 0 amide bonds. The van der Waals surface area contributed by atoms with Crippen molar-refractivity contribution in [3.05, 3.63) is 0 Å². The normalized spacial score (nSPS) is 11.5. The number of rotatable bonds is 14. The van der Waals surface area contributed by atoms with E-state index in [9.17, 15) is 0 Å². The minimum atomic E-state index is 0. The third-order valence-electron chi connectivity index (χ3n) is 3.49. The molecule has 0 heterocycles. The molecule has 0 saturated carbocycles. The Morgan fingerprint density at radius 1 is 1.09 bits per heavy atom. The molecule has 0 atom stereocenters. The van der Waals surface area contributed by atoms with E-state index in [4.69, 9.17) is 10.5 Å².